The van der Waals surface area contributed by atoms with E-state index in [9.17, 15) is 9.59 Å². The predicted molar refractivity (Wildman–Crippen MR) is 78.0 cm³/mol. The highest BCUT2D eigenvalue weighted by Gasteiger charge is 2.21. The fraction of sp³-hybridized carbons (Fsp3) is 0.467. The van der Waals surface area contributed by atoms with E-state index < -0.39 is 5.97 Å². The third-order valence-corrected chi connectivity index (χ3v) is 3.46. The summed E-state index contributed by atoms with van der Waals surface area (Å²) in [6.45, 7) is 2.75. The van der Waals surface area contributed by atoms with Crippen molar-refractivity contribution in [3.05, 3.63) is 24.3 Å². The summed E-state index contributed by atoms with van der Waals surface area (Å²) in [6, 6.07) is 7.81. The Morgan fingerprint density at radius 2 is 2.10 bits per heavy atom. The van der Waals surface area contributed by atoms with Crippen LogP contribution in [0.3, 0.4) is 0 Å². The highest BCUT2D eigenvalue weighted by Crippen LogP contribution is 2.23. The van der Waals surface area contributed by atoms with E-state index in [1.54, 1.807) is 4.90 Å². The molecule has 1 aliphatic heterocycles. The van der Waals surface area contributed by atoms with Gasteiger partial charge in [0.15, 0.2) is 0 Å². The Bertz CT molecular complexity index is 484. The second-order valence-electron chi connectivity index (χ2n) is 5.17. The van der Waals surface area contributed by atoms with Crippen LogP contribution in [0.15, 0.2) is 24.3 Å². The molecule has 1 fully saturated rings. The second kappa shape index (κ2) is 6.41. The summed E-state index contributed by atoms with van der Waals surface area (Å²) in [5.74, 6) is -0.595. The molecule has 1 heterocycles. The molecule has 0 aromatic heterocycles. The molecule has 0 aliphatic carbocycles. The fourth-order valence-electron chi connectivity index (χ4n) is 2.36. The van der Waals surface area contributed by atoms with Gasteiger partial charge in [-0.1, -0.05) is 0 Å². The number of rotatable bonds is 6. The molecule has 0 radical (unpaired) electrons. The Labute approximate surface area is 118 Å². The van der Waals surface area contributed by atoms with Crippen molar-refractivity contribution in [3.63, 3.8) is 0 Å². The zero-order valence-electron chi connectivity index (χ0n) is 11.6. The average molecular weight is 276 g/mol. The molecule has 0 saturated carbocycles. The van der Waals surface area contributed by atoms with Gasteiger partial charge in [-0.2, -0.15) is 0 Å². The summed E-state index contributed by atoms with van der Waals surface area (Å²) in [5.41, 5.74) is 1.87. The molecule has 1 saturated heterocycles. The van der Waals surface area contributed by atoms with Crippen LogP contribution in [0.2, 0.25) is 0 Å². The first kappa shape index (κ1) is 14.4. The molecule has 2 rings (SSSR count). The van der Waals surface area contributed by atoms with Gasteiger partial charge in [0.2, 0.25) is 5.91 Å². The van der Waals surface area contributed by atoms with Gasteiger partial charge in [-0.15, -0.1) is 0 Å². The van der Waals surface area contributed by atoms with Crippen LogP contribution in [0.1, 0.15) is 32.6 Å². The number of anilines is 2. The smallest absolute Gasteiger partial charge is 0.303 e. The zero-order chi connectivity index (χ0) is 14.5. The number of hydrogen-bond acceptors (Lipinski definition) is 3. The predicted octanol–water partition coefficient (Wildman–Crippen LogP) is 2.48. The molecule has 5 heteroatoms. The number of benzene rings is 1. The molecule has 1 atom stereocenters. The summed E-state index contributed by atoms with van der Waals surface area (Å²) in [6.07, 6.45) is 2.30. The molecule has 0 spiro atoms. The van der Waals surface area contributed by atoms with Crippen LogP contribution in [0.4, 0.5) is 11.4 Å². The lowest BCUT2D eigenvalue weighted by Crippen LogP contribution is -2.23. The number of hydrogen-bond donors (Lipinski definition) is 2. The number of nitrogens with zero attached hydrogens (tertiary/aromatic N) is 1. The molecule has 20 heavy (non-hydrogen) atoms. The SMILES string of the molecule is CC(CCC(=O)O)Nc1ccc(N2CCCC2=O)cc1. The van der Waals surface area contributed by atoms with Gasteiger partial charge >= 0.3 is 5.97 Å². The number of amides is 1. The highest BCUT2D eigenvalue weighted by atomic mass is 16.4. The molecular weight excluding hydrogens is 256 g/mol. The van der Waals surface area contributed by atoms with E-state index in [0.717, 1.165) is 24.3 Å². The topological polar surface area (TPSA) is 69.6 Å². The van der Waals surface area contributed by atoms with E-state index in [1.165, 1.54) is 0 Å². The van der Waals surface area contributed by atoms with Crippen molar-refractivity contribution in [2.24, 2.45) is 0 Å². The lowest BCUT2D eigenvalue weighted by molar-refractivity contribution is -0.137. The summed E-state index contributed by atoms with van der Waals surface area (Å²) in [7, 11) is 0. The van der Waals surface area contributed by atoms with E-state index in [4.69, 9.17) is 5.11 Å². The average Bonchev–Trinajstić information content (AvgIpc) is 2.84. The Kier molecular flexibility index (Phi) is 4.61. The molecule has 1 aromatic carbocycles. The summed E-state index contributed by atoms with van der Waals surface area (Å²) >= 11 is 0. The first-order chi connectivity index (χ1) is 9.56. The van der Waals surface area contributed by atoms with E-state index in [-0.39, 0.29) is 18.4 Å². The van der Waals surface area contributed by atoms with Crippen LogP contribution in [0, 0.1) is 0 Å². The quantitative estimate of drug-likeness (QED) is 0.837. The summed E-state index contributed by atoms with van der Waals surface area (Å²) in [4.78, 5) is 24.0. The van der Waals surface area contributed by atoms with Crippen LogP contribution in [0.5, 0.6) is 0 Å². The van der Waals surface area contributed by atoms with Gasteiger partial charge in [-0.3, -0.25) is 9.59 Å². The monoisotopic (exact) mass is 276 g/mol. The van der Waals surface area contributed by atoms with Gasteiger partial charge in [0, 0.05) is 36.8 Å². The van der Waals surface area contributed by atoms with Crippen molar-refractivity contribution in [1.82, 2.24) is 0 Å². The third-order valence-electron chi connectivity index (χ3n) is 3.46. The Morgan fingerprint density at radius 3 is 2.65 bits per heavy atom. The highest BCUT2D eigenvalue weighted by molar-refractivity contribution is 5.95. The molecule has 1 amide bonds. The molecule has 5 nitrogen and oxygen atoms in total. The van der Waals surface area contributed by atoms with E-state index >= 15 is 0 Å². The number of nitrogens with one attached hydrogen (secondary N) is 1. The van der Waals surface area contributed by atoms with Crippen molar-refractivity contribution in [2.45, 2.75) is 38.6 Å². The van der Waals surface area contributed by atoms with Gasteiger partial charge < -0.3 is 15.3 Å². The largest absolute Gasteiger partial charge is 0.481 e. The number of carboxylic acids is 1. The van der Waals surface area contributed by atoms with Crippen molar-refractivity contribution in [1.29, 1.82) is 0 Å². The molecule has 108 valence electrons. The lowest BCUT2D eigenvalue weighted by Gasteiger charge is -2.18. The van der Waals surface area contributed by atoms with Gasteiger partial charge in [0.1, 0.15) is 0 Å². The van der Waals surface area contributed by atoms with Crippen LogP contribution in [-0.2, 0) is 9.59 Å². The summed E-state index contributed by atoms with van der Waals surface area (Å²) < 4.78 is 0. The first-order valence-electron chi connectivity index (χ1n) is 6.95. The summed E-state index contributed by atoms with van der Waals surface area (Å²) in [5, 5.41) is 11.9. The van der Waals surface area contributed by atoms with Crippen LogP contribution in [-0.4, -0.2) is 29.6 Å². The number of carbonyl (C=O) groups is 2. The van der Waals surface area contributed by atoms with Crippen molar-refractivity contribution >= 4 is 23.3 Å². The standard InChI is InChI=1S/C15H20N2O3/c1-11(4-9-15(19)20)16-12-5-7-13(8-6-12)17-10-2-3-14(17)18/h5-8,11,16H,2-4,9-10H2,1H3,(H,19,20). The van der Waals surface area contributed by atoms with Crippen LogP contribution in [0.25, 0.3) is 0 Å². The van der Waals surface area contributed by atoms with Crippen molar-refractivity contribution in [2.75, 3.05) is 16.8 Å². The van der Waals surface area contributed by atoms with Gasteiger partial charge in [0.25, 0.3) is 0 Å². The lowest BCUT2D eigenvalue weighted by atomic mass is 10.1. The number of aliphatic carboxylic acids is 1. The fourth-order valence-corrected chi connectivity index (χ4v) is 2.36. The first-order valence-corrected chi connectivity index (χ1v) is 6.95. The van der Waals surface area contributed by atoms with Crippen molar-refractivity contribution < 1.29 is 14.7 Å². The molecule has 1 unspecified atom stereocenters. The van der Waals surface area contributed by atoms with Crippen molar-refractivity contribution in [3.8, 4) is 0 Å². The van der Waals surface area contributed by atoms with E-state index in [0.29, 0.717) is 12.8 Å². The van der Waals surface area contributed by atoms with Crippen LogP contribution < -0.4 is 10.2 Å². The second-order valence-corrected chi connectivity index (χ2v) is 5.17. The minimum absolute atomic E-state index is 0.102. The Morgan fingerprint density at radius 1 is 1.40 bits per heavy atom. The molecular formula is C15H20N2O3. The van der Waals surface area contributed by atoms with Gasteiger partial charge in [-0.05, 0) is 44.0 Å². The molecule has 0 bridgehead atoms. The zero-order valence-corrected chi connectivity index (χ0v) is 11.6. The minimum Gasteiger partial charge on any atom is -0.481 e. The van der Waals surface area contributed by atoms with E-state index in [1.807, 2.05) is 31.2 Å². The Balaban J connectivity index is 1.91. The maximum absolute atomic E-state index is 11.6. The van der Waals surface area contributed by atoms with E-state index in [2.05, 4.69) is 5.32 Å². The molecule has 1 aromatic rings. The number of carboxylic acid groups (broad SMARTS) is 1. The van der Waals surface area contributed by atoms with Gasteiger partial charge in [0.05, 0.1) is 0 Å². The van der Waals surface area contributed by atoms with Gasteiger partial charge in [-0.25, -0.2) is 0 Å². The van der Waals surface area contributed by atoms with Crippen LogP contribution >= 0.6 is 0 Å². The number of carbonyl (C=O) groups excluding carboxylic acids is 1. The maximum atomic E-state index is 11.6. The normalized spacial score (nSPS) is 16.2. The molecule has 1 aliphatic rings. The maximum Gasteiger partial charge on any atom is 0.303 e. The minimum atomic E-state index is -0.776. The third kappa shape index (κ3) is 3.73. The molecule has 2 N–H and O–H groups in total. The Hall–Kier alpha value is -2.04.